The number of hydrogen-bond acceptors (Lipinski definition) is 8. The van der Waals surface area contributed by atoms with Crippen LogP contribution in [0.5, 0.6) is 11.5 Å². The Balaban J connectivity index is 1.50. The normalized spacial score (nSPS) is 14.3. The molecule has 0 saturated heterocycles. The van der Waals surface area contributed by atoms with Crippen LogP contribution >= 0.6 is 23.1 Å². The molecule has 2 amide bonds. The second-order valence-electron chi connectivity index (χ2n) is 6.60. The summed E-state index contributed by atoms with van der Waals surface area (Å²) in [6.07, 6.45) is 5.26. The molecule has 0 bridgehead atoms. The molecule has 2 aromatic rings. The van der Waals surface area contributed by atoms with E-state index >= 15 is 0 Å². The summed E-state index contributed by atoms with van der Waals surface area (Å²) in [6.45, 7) is 0. The highest BCUT2D eigenvalue weighted by molar-refractivity contribution is 8.01. The number of amides is 2. The van der Waals surface area contributed by atoms with Crippen LogP contribution < -0.4 is 20.1 Å². The number of carbonyl (C=O) groups excluding carboxylic acids is 2. The van der Waals surface area contributed by atoms with Gasteiger partial charge in [0.05, 0.1) is 25.7 Å². The van der Waals surface area contributed by atoms with Crippen molar-refractivity contribution in [3.63, 3.8) is 0 Å². The third-order valence-corrected chi connectivity index (χ3v) is 6.59. The maximum absolute atomic E-state index is 12.3. The van der Waals surface area contributed by atoms with Crippen molar-refractivity contribution in [2.45, 2.75) is 36.4 Å². The minimum absolute atomic E-state index is 0.0141. The van der Waals surface area contributed by atoms with Crippen LogP contribution in [0.4, 0.5) is 10.8 Å². The molecular weight excluding hydrogens is 412 g/mol. The second kappa shape index (κ2) is 10.4. The quantitative estimate of drug-likeness (QED) is 0.479. The Labute approximate surface area is 177 Å². The van der Waals surface area contributed by atoms with E-state index in [1.54, 1.807) is 25.3 Å². The second-order valence-corrected chi connectivity index (χ2v) is 8.80. The standard InChI is InChI=1S/C19H24N4O4S2/c1-26-13-8-9-15(27-2)14(10-13)20-16(24)11-28-19-23-22-18(29-19)21-17(25)12-6-4-3-5-7-12/h8-10,12H,3-7,11H2,1-2H3,(H,20,24)(H,21,22,25). The van der Waals surface area contributed by atoms with Gasteiger partial charge in [0, 0.05) is 12.0 Å². The highest BCUT2D eigenvalue weighted by Gasteiger charge is 2.22. The van der Waals surface area contributed by atoms with Gasteiger partial charge in [-0.2, -0.15) is 0 Å². The zero-order valence-electron chi connectivity index (χ0n) is 16.4. The van der Waals surface area contributed by atoms with Crippen LogP contribution in [0.2, 0.25) is 0 Å². The lowest BCUT2D eigenvalue weighted by molar-refractivity contribution is -0.120. The molecule has 2 N–H and O–H groups in total. The predicted octanol–water partition coefficient (Wildman–Crippen LogP) is 3.80. The van der Waals surface area contributed by atoms with Crippen molar-refractivity contribution in [2.75, 3.05) is 30.6 Å². The van der Waals surface area contributed by atoms with E-state index in [2.05, 4.69) is 20.8 Å². The number of methoxy groups -OCH3 is 2. The molecule has 1 fully saturated rings. The molecule has 0 atom stereocenters. The van der Waals surface area contributed by atoms with Gasteiger partial charge in [0.1, 0.15) is 11.5 Å². The van der Waals surface area contributed by atoms with Crippen LogP contribution in [-0.2, 0) is 9.59 Å². The summed E-state index contributed by atoms with van der Waals surface area (Å²) in [5.41, 5.74) is 0.537. The number of benzene rings is 1. The summed E-state index contributed by atoms with van der Waals surface area (Å²) < 4.78 is 11.1. The number of nitrogens with one attached hydrogen (secondary N) is 2. The molecule has 29 heavy (non-hydrogen) atoms. The van der Waals surface area contributed by atoms with Gasteiger partial charge >= 0.3 is 0 Å². The van der Waals surface area contributed by atoms with Gasteiger partial charge < -0.3 is 20.1 Å². The van der Waals surface area contributed by atoms with E-state index in [4.69, 9.17) is 9.47 Å². The van der Waals surface area contributed by atoms with Crippen molar-refractivity contribution < 1.29 is 19.1 Å². The van der Waals surface area contributed by atoms with Crippen molar-refractivity contribution >= 4 is 45.7 Å². The maximum Gasteiger partial charge on any atom is 0.234 e. The number of nitrogens with zero attached hydrogens (tertiary/aromatic N) is 2. The van der Waals surface area contributed by atoms with Crippen molar-refractivity contribution in [3.05, 3.63) is 18.2 Å². The minimum Gasteiger partial charge on any atom is -0.497 e. The minimum atomic E-state index is -0.204. The first-order valence-electron chi connectivity index (χ1n) is 9.38. The number of rotatable bonds is 8. The molecule has 0 aliphatic heterocycles. The van der Waals surface area contributed by atoms with Crippen molar-refractivity contribution in [1.29, 1.82) is 0 Å². The monoisotopic (exact) mass is 436 g/mol. The molecule has 8 nitrogen and oxygen atoms in total. The lowest BCUT2D eigenvalue weighted by Crippen LogP contribution is -2.24. The van der Waals surface area contributed by atoms with E-state index in [0.29, 0.717) is 26.7 Å². The van der Waals surface area contributed by atoms with Crippen molar-refractivity contribution in [3.8, 4) is 11.5 Å². The van der Waals surface area contributed by atoms with Gasteiger partial charge in [-0.3, -0.25) is 9.59 Å². The fraction of sp³-hybridized carbons (Fsp3) is 0.474. The van der Waals surface area contributed by atoms with Crippen LogP contribution in [0.3, 0.4) is 0 Å². The van der Waals surface area contributed by atoms with Gasteiger partial charge in [0.15, 0.2) is 4.34 Å². The molecule has 0 unspecified atom stereocenters. The molecule has 10 heteroatoms. The highest BCUT2D eigenvalue weighted by atomic mass is 32.2. The number of carbonyl (C=O) groups is 2. The fourth-order valence-electron chi connectivity index (χ4n) is 3.12. The number of ether oxygens (including phenoxy) is 2. The number of anilines is 2. The maximum atomic E-state index is 12.3. The lowest BCUT2D eigenvalue weighted by atomic mass is 9.89. The van der Waals surface area contributed by atoms with Crippen LogP contribution in [0, 0.1) is 5.92 Å². The average molecular weight is 437 g/mol. The molecule has 156 valence electrons. The molecule has 1 aromatic heterocycles. The zero-order valence-corrected chi connectivity index (χ0v) is 18.0. The Kier molecular flexibility index (Phi) is 7.70. The van der Waals surface area contributed by atoms with Gasteiger partial charge in [-0.05, 0) is 25.0 Å². The number of thioether (sulfide) groups is 1. The first kappa shape index (κ1) is 21.4. The summed E-state index contributed by atoms with van der Waals surface area (Å²) in [6, 6.07) is 5.19. The topological polar surface area (TPSA) is 102 Å². The molecule has 1 aliphatic carbocycles. The summed E-state index contributed by atoms with van der Waals surface area (Å²) in [7, 11) is 3.10. The molecular formula is C19H24N4O4S2. The van der Waals surface area contributed by atoms with Gasteiger partial charge in [0.25, 0.3) is 0 Å². The highest BCUT2D eigenvalue weighted by Crippen LogP contribution is 2.31. The molecule has 0 radical (unpaired) electrons. The third kappa shape index (κ3) is 6.07. The first-order valence-corrected chi connectivity index (χ1v) is 11.2. The summed E-state index contributed by atoms with van der Waals surface area (Å²) in [4.78, 5) is 24.6. The van der Waals surface area contributed by atoms with E-state index in [0.717, 1.165) is 25.7 Å². The first-order chi connectivity index (χ1) is 14.1. The molecule has 0 spiro atoms. The zero-order chi connectivity index (χ0) is 20.6. The van der Waals surface area contributed by atoms with E-state index in [1.807, 2.05) is 0 Å². The van der Waals surface area contributed by atoms with E-state index in [-0.39, 0.29) is 23.5 Å². The largest absolute Gasteiger partial charge is 0.497 e. The Morgan fingerprint density at radius 1 is 1.14 bits per heavy atom. The van der Waals surface area contributed by atoms with E-state index in [9.17, 15) is 9.59 Å². The van der Waals surface area contributed by atoms with E-state index in [1.165, 1.54) is 36.6 Å². The van der Waals surface area contributed by atoms with Crippen LogP contribution in [0.25, 0.3) is 0 Å². The van der Waals surface area contributed by atoms with Crippen molar-refractivity contribution in [1.82, 2.24) is 10.2 Å². The molecule has 1 aromatic carbocycles. The van der Waals surface area contributed by atoms with Crippen molar-refractivity contribution in [2.24, 2.45) is 5.92 Å². The van der Waals surface area contributed by atoms with Crippen LogP contribution in [0.1, 0.15) is 32.1 Å². The Bertz CT molecular complexity index is 852. The van der Waals surface area contributed by atoms with E-state index < -0.39 is 0 Å². The van der Waals surface area contributed by atoms with Gasteiger partial charge in [-0.1, -0.05) is 42.4 Å². The Hall–Kier alpha value is -2.33. The molecule has 1 heterocycles. The predicted molar refractivity (Wildman–Crippen MR) is 114 cm³/mol. The fourth-order valence-corrected chi connectivity index (χ4v) is 4.67. The van der Waals surface area contributed by atoms with Crippen LogP contribution in [-0.4, -0.2) is 42.0 Å². The number of hydrogen-bond donors (Lipinski definition) is 2. The summed E-state index contributed by atoms with van der Waals surface area (Å²) in [5, 5.41) is 14.2. The van der Waals surface area contributed by atoms with Gasteiger partial charge in [-0.25, -0.2) is 0 Å². The van der Waals surface area contributed by atoms with Gasteiger partial charge in [0.2, 0.25) is 16.9 Å². The number of aromatic nitrogens is 2. The molecule has 1 saturated carbocycles. The third-order valence-electron chi connectivity index (χ3n) is 4.62. The smallest absolute Gasteiger partial charge is 0.234 e. The molecule has 3 rings (SSSR count). The summed E-state index contributed by atoms with van der Waals surface area (Å²) in [5.74, 6) is 1.20. The SMILES string of the molecule is COc1ccc(OC)c(NC(=O)CSc2nnc(NC(=O)C3CCCCC3)s2)c1. The van der Waals surface area contributed by atoms with Gasteiger partial charge in [-0.15, -0.1) is 10.2 Å². The molecule has 1 aliphatic rings. The summed E-state index contributed by atoms with van der Waals surface area (Å²) >= 11 is 2.54. The average Bonchev–Trinajstić information content (AvgIpc) is 3.20. The Morgan fingerprint density at radius 2 is 1.93 bits per heavy atom. The van der Waals surface area contributed by atoms with Crippen LogP contribution in [0.15, 0.2) is 22.5 Å². The Morgan fingerprint density at radius 3 is 2.66 bits per heavy atom. The lowest BCUT2D eigenvalue weighted by Gasteiger charge is -2.19.